The first kappa shape index (κ1) is 19.9. The lowest BCUT2D eigenvalue weighted by molar-refractivity contribution is -0.151. The molecule has 7 nitrogen and oxygen atoms in total. The molecular weight excluding hydrogens is 380 g/mol. The number of ether oxygens (including phenoxy) is 1. The summed E-state index contributed by atoms with van der Waals surface area (Å²) >= 11 is 5.94. The summed E-state index contributed by atoms with van der Waals surface area (Å²) in [5, 5.41) is 2.87. The zero-order chi connectivity index (χ0) is 19.2. The number of hydrogen-bond donors (Lipinski definition) is 2. The van der Waals surface area contributed by atoms with Gasteiger partial charge in [0.1, 0.15) is 6.54 Å². The number of sulfonamides is 1. The van der Waals surface area contributed by atoms with Crippen molar-refractivity contribution in [2.75, 3.05) is 11.9 Å². The number of para-hydroxylation sites is 1. The van der Waals surface area contributed by atoms with Gasteiger partial charge in [-0.25, -0.2) is 8.42 Å². The molecule has 0 bridgehead atoms. The van der Waals surface area contributed by atoms with Crippen LogP contribution in [0, 0.1) is 0 Å². The summed E-state index contributed by atoms with van der Waals surface area (Å²) in [6.45, 7) is 0.775. The third-order valence-corrected chi connectivity index (χ3v) is 5.02. The highest BCUT2D eigenvalue weighted by atomic mass is 35.5. The smallest absolute Gasteiger partial charge is 0.321 e. The number of nitrogens with one attached hydrogen (secondary N) is 2. The summed E-state index contributed by atoms with van der Waals surface area (Å²) in [5.74, 6) is -1.47. The predicted octanol–water partition coefficient (Wildman–Crippen LogP) is 2.19. The van der Waals surface area contributed by atoms with Crippen LogP contribution in [-0.4, -0.2) is 32.9 Å². The van der Waals surface area contributed by atoms with Gasteiger partial charge < -0.3 is 10.1 Å². The molecule has 1 atom stereocenters. The molecule has 2 rings (SSSR count). The van der Waals surface area contributed by atoms with Crippen LogP contribution in [0.2, 0.25) is 5.02 Å². The van der Waals surface area contributed by atoms with E-state index in [1.807, 2.05) is 0 Å². The molecular formula is C17H17ClN2O5S. The van der Waals surface area contributed by atoms with Gasteiger partial charge in [0.25, 0.3) is 5.91 Å². The van der Waals surface area contributed by atoms with Crippen molar-refractivity contribution in [2.45, 2.75) is 17.9 Å². The van der Waals surface area contributed by atoms with Gasteiger partial charge >= 0.3 is 5.97 Å². The first-order valence-electron chi connectivity index (χ1n) is 7.59. The van der Waals surface area contributed by atoms with Crippen LogP contribution in [0.1, 0.15) is 6.92 Å². The minimum atomic E-state index is -3.83. The number of benzene rings is 2. The van der Waals surface area contributed by atoms with Crippen molar-refractivity contribution in [1.82, 2.24) is 4.72 Å². The first-order chi connectivity index (χ1) is 12.3. The van der Waals surface area contributed by atoms with Gasteiger partial charge in [-0.15, -0.1) is 0 Å². The predicted molar refractivity (Wildman–Crippen MR) is 97.3 cm³/mol. The van der Waals surface area contributed by atoms with Crippen LogP contribution in [0.15, 0.2) is 59.5 Å². The molecule has 0 aliphatic rings. The second kappa shape index (κ2) is 8.79. The van der Waals surface area contributed by atoms with Crippen molar-refractivity contribution in [2.24, 2.45) is 0 Å². The summed E-state index contributed by atoms with van der Waals surface area (Å²) in [5.41, 5.74) is 0.381. The van der Waals surface area contributed by atoms with Crippen molar-refractivity contribution in [3.63, 3.8) is 0 Å². The Balaban J connectivity index is 1.87. The topological polar surface area (TPSA) is 102 Å². The fourth-order valence-corrected chi connectivity index (χ4v) is 3.10. The minimum absolute atomic E-state index is 0.0253. The number of halogens is 1. The average Bonchev–Trinajstić information content (AvgIpc) is 2.62. The zero-order valence-electron chi connectivity index (χ0n) is 13.8. The van der Waals surface area contributed by atoms with Crippen molar-refractivity contribution in [3.8, 4) is 0 Å². The highest BCUT2D eigenvalue weighted by Crippen LogP contribution is 2.20. The molecule has 1 amide bonds. The van der Waals surface area contributed by atoms with Crippen LogP contribution in [0.25, 0.3) is 0 Å². The molecule has 2 aromatic carbocycles. The molecule has 0 heterocycles. The van der Waals surface area contributed by atoms with Crippen molar-refractivity contribution < 1.29 is 22.7 Å². The molecule has 0 aliphatic heterocycles. The van der Waals surface area contributed by atoms with Crippen LogP contribution >= 0.6 is 11.6 Å². The molecule has 0 spiro atoms. The number of amides is 1. The van der Waals surface area contributed by atoms with E-state index in [2.05, 4.69) is 10.0 Å². The summed E-state index contributed by atoms with van der Waals surface area (Å²) in [6, 6.07) is 14.2. The van der Waals surface area contributed by atoms with E-state index < -0.39 is 34.5 Å². The molecule has 0 aromatic heterocycles. The van der Waals surface area contributed by atoms with E-state index in [0.717, 1.165) is 0 Å². The standard InChI is InChI=1S/C17H17ClN2O5S/c1-12(17(22)20-15-10-6-5-9-14(15)18)25-16(21)11-19-26(23,24)13-7-3-2-4-8-13/h2-10,12,19H,11H2,1H3,(H,20,22)/t12-/m0/s1. The van der Waals surface area contributed by atoms with E-state index in [4.69, 9.17) is 16.3 Å². The maximum Gasteiger partial charge on any atom is 0.321 e. The molecule has 0 unspecified atom stereocenters. The second-order valence-corrected chi connectivity index (χ2v) is 7.41. The van der Waals surface area contributed by atoms with E-state index in [9.17, 15) is 18.0 Å². The Hall–Kier alpha value is -2.42. The van der Waals surface area contributed by atoms with E-state index in [1.165, 1.54) is 19.1 Å². The lowest BCUT2D eigenvalue weighted by Gasteiger charge is -2.14. The molecule has 0 radical (unpaired) electrons. The van der Waals surface area contributed by atoms with E-state index in [-0.39, 0.29) is 4.90 Å². The number of carbonyl (C=O) groups is 2. The number of carbonyl (C=O) groups excluding carboxylic acids is 2. The fraction of sp³-hybridized carbons (Fsp3) is 0.176. The molecule has 2 aromatic rings. The maximum atomic E-state index is 12.0. The van der Waals surface area contributed by atoms with Crippen LogP contribution in [0.4, 0.5) is 5.69 Å². The minimum Gasteiger partial charge on any atom is -0.452 e. The lowest BCUT2D eigenvalue weighted by atomic mass is 10.3. The average molecular weight is 397 g/mol. The Morgan fingerprint density at radius 1 is 1.08 bits per heavy atom. The Morgan fingerprint density at radius 3 is 2.35 bits per heavy atom. The van der Waals surface area contributed by atoms with Crippen LogP contribution in [0.3, 0.4) is 0 Å². The van der Waals surface area contributed by atoms with Crippen molar-refractivity contribution in [3.05, 3.63) is 59.6 Å². The van der Waals surface area contributed by atoms with Gasteiger partial charge in [-0.05, 0) is 31.2 Å². The van der Waals surface area contributed by atoms with Crippen LogP contribution < -0.4 is 10.0 Å². The third kappa shape index (κ3) is 5.55. The van der Waals surface area contributed by atoms with Crippen LogP contribution in [0.5, 0.6) is 0 Å². The summed E-state index contributed by atoms with van der Waals surface area (Å²) in [6.07, 6.45) is -1.12. The number of rotatable bonds is 7. The van der Waals surface area contributed by atoms with E-state index in [0.29, 0.717) is 10.7 Å². The number of hydrogen-bond acceptors (Lipinski definition) is 5. The Labute approximate surface area is 156 Å². The largest absolute Gasteiger partial charge is 0.452 e. The molecule has 0 aliphatic carbocycles. The molecule has 138 valence electrons. The van der Waals surface area contributed by atoms with Gasteiger partial charge in [-0.1, -0.05) is 41.9 Å². The molecule has 2 N–H and O–H groups in total. The SMILES string of the molecule is C[C@H](OC(=O)CNS(=O)(=O)c1ccccc1)C(=O)Nc1ccccc1Cl. The fourth-order valence-electron chi connectivity index (χ4n) is 1.93. The molecule has 0 saturated carbocycles. The van der Waals surface area contributed by atoms with E-state index in [1.54, 1.807) is 42.5 Å². The third-order valence-electron chi connectivity index (χ3n) is 3.27. The Bertz CT molecular complexity index is 887. The van der Waals surface area contributed by atoms with Gasteiger partial charge in [0.15, 0.2) is 6.10 Å². The highest BCUT2D eigenvalue weighted by molar-refractivity contribution is 7.89. The summed E-state index contributed by atoms with van der Waals surface area (Å²) < 4.78 is 31.1. The second-order valence-electron chi connectivity index (χ2n) is 5.24. The monoisotopic (exact) mass is 396 g/mol. The van der Waals surface area contributed by atoms with Crippen molar-refractivity contribution >= 4 is 39.2 Å². The number of esters is 1. The summed E-state index contributed by atoms with van der Waals surface area (Å²) in [4.78, 5) is 23.9. The van der Waals surface area contributed by atoms with E-state index >= 15 is 0 Å². The summed E-state index contributed by atoms with van der Waals surface area (Å²) in [7, 11) is -3.83. The van der Waals surface area contributed by atoms with Gasteiger partial charge in [-0.2, -0.15) is 4.72 Å². The van der Waals surface area contributed by atoms with Crippen LogP contribution in [-0.2, 0) is 24.3 Å². The number of anilines is 1. The lowest BCUT2D eigenvalue weighted by Crippen LogP contribution is -2.35. The Morgan fingerprint density at radius 2 is 1.69 bits per heavy atom. The highest BCUT2D eigenvalue weighted by Gasteiger charge is 2.21. The molecule has 26 heavy (non-hydrogen) atoms. The zero-order valence-corrected chi connectivity index (χ0v) is 15.4. The normalized spacial score (nSPS) is 12.2. The van der Waals surface area contributed by atoms with Crippen molar-refractivity contribution in [1.29, 1.82) is 0 Å². The quantitative estimate of drug-likeness (QED) is 0.698. The molecule has 0 saturated heterocycles. The molecule has 0 fully saturated rings. The van der Waals surface area contributed by atoms with Gasteiger partial charge in [0.2, 0.25) is 10.0 Å². The maximum absolute atomic E-state index is 12.0. The van der Waals surface area contributed by atoms with Gasteiger partial charge in [0.05, 0.1) is 15.6 Å². The first-order valence-corrected chi connectivity index (χ1v) is 9.45. The van der Waals surface area contributed by atoms with Gasteiger partial charge in [-0.3, -0.25) is 9.59 Å². The molecule has 9 heteroatoms. The van der Waals surface area contributed by atoms with Gasteiger partial charge in [0, 0.05) is 0 Å². The Kier molecular flexibility index (Phi) is 6.73.